The minimum atomic E-state index is -3.51. The van der Waals surface area contributed by atoms with E-state index in [9.17, 15) is 21.6 Å². The average molecular weight is 438 g/mol. The Bertz CT molecular complexity index is 1070. The van der Waals surface area contributed by atoms with Gasteiger partial charge >= 0.3 is 0 Å². The van der Waals surface area contributed by atoms with Gasteiger partial charge in [-0.05, 0) is 61.4 Å². The number of nitrogens with one attached hydrogen (secondary N) is 2. The van der Waals surface area contributed by atoms with E-state index in [1.807, 2.05) is 0 Å². The molecule has 1 heterocycles. The largest absolute Gasteiger partial charge is 0.322 e. The lowest BCUT2D eigenvalue weighted by atomic mass is 10.2. The third kappa shape index (κ3) is 5.55. The van der Waals surface area contributed by atoms with Gasteiger partial charge in [-0.3, -0.25) is 9.52 Å². The van der Waals surface area contributed by atoms with Gasteiger partial charge in [0.25, 0.3) is 5.91 Å². The van der Waals surface area contributed by atoms with Crippen LogP contribution >= 0.6 is 0 Å². The molecule has 0 bridgehead atoms. The second-order valence-corrected chi connectivity index (χ2v) is 10.6. The van der Waals surface area contributed by atoms with Crippen LogP contribution in [0.3, 0.4) is 0 Å². The first kappa shape index (κ1) is 21.3. The Balaban J connectivity index is 1.67. The first-order valence-corrected chi connectivity index (χ1v) is 12.5. The molecule has 0 aliphatic carbocycles. The van der Waals surface area contributed by atoms with Gasteiger partial charge in [0, 0.05) is 30.0 Å². The summed E-state index contributed by atoms with van der Waals surface area (Å²) in [5.41, 5.74) is 1.16. The second kappa shape index (κ2) is 8.52. The van der Waals surface area contributed by atoms with Crippen molar-refractivity contribution >= 4 is 37.3 Å². The van der Waals surface area contributed by atoms with Crippen LogP contribution in [0.2, 0.25) is 0 Å². The monoisotopic (exact) mass is 437 g/mol. The number of amides is 1. The van der Waals surface area contributed by atoms with Crippen LogP contribution in [0.5, 0.6) is 0 Å². The lowest BCUT2D eigenvalue weighted by molar-refractivity contribution is 0.102. The maximum atomic E-state index is 12.7. The minimum absolute atomic E-state index is 0.202. The van der Waals surface area contributed by atoms with E-state index >= 15 is 0 Å². The maximum Gasteiger partial charge on any atom is 0.255 e. The van der Waals surface area contributed by atoms with E-state index < -0.39 is 20.0 Å². The molecule has 0 atom stereocenters. The molecule has 10 heteroatoms. The average Bonchev–Trinajstić information content (AvgIpc) is 2.68. The van der Waals surface area contributed by atoms with E-state index in [1.165, 1.54) is 40.7 Å². The van der Waals surface area contributed by atoms with Crippen molar-refractivity contribution in [2.75, 3.05) is 29.4 Å². The van der Waals surface area contributed by atoms with Crippen LogP contribution in [0.15, 0.2) is 53.4 Å². The van der Waals surface area contributed by atoms with E-state index in [0.29, 0.717) is 30.0 Å². The summed E-state index contributed by atoms with van der Waals surface area (Å²) in [7, 11) is -6.90. The van der Waals surface area contributed by atoms with Crippen LogP contribution in [-0.2, 0) is 20.0 Å². The van der Waals surface area contributed by atoms with Gasteiger partial charge in [-0.1, -0.05) is 6.42 Å². The number of benzene rings is 2. The first-order valence-electron chi connectivity index (χ1n) is 9.15. The zero-order valence-corrected chi connectivity index (χ0v) is 17.6. The van der Waals surface area contributed by atoms with Crippen molar-refractivity contribution in [2.24, 2.45) is 0 Å². The molecule has 3 rings (SSSR count). The topological polar surface area (TPSA) is 113 Å². The van der Waals surface area contributed by atoms with E-state index in [4.69, 9.17) is 0 Å². The van der Waals surface area contributed by atoms with Crippen molar-refractivity contribution in [3.8, 4) is 0 Å². The molecule has 0 saturated carbocycles. The van der Waals surface area contributed by atoms with Gasteiger partial charge in [-0.2, -0.15) is 4.31 Å². The van der Waals surface area contributed by atoms with Crippen molar-refractivity contribution in [1.82, 2.24) is 4.31 Å². The Morgan fingerprint density at radius 3 is 1.93 bits per heavy atom. The van der Waals surface area contributed by atoms with Gasteiger partial charge in [-0.15, -0.1) is 0 Å². The summed E-state index contributed by atoms with van der Waals surface area (Å²) in [4.78, 5) is 12.6. The van der Waals surface area contributed by atoms with E-state index in [0.717, 1.165) is 25.5 Å². The van der Waals surface area contributed by atoms with Crippen molar-refractivity contribution in [3.05, 3.63) is 54.1 Å². The highest BCUT2D eigenvalue weighted by atomic mass is 32.2. The van der Waals surface area contributed by atoms with E-state index in [-0.39, 0.29) is 10.8 Å². The molecule has 156 valence electrons. The molecule has 1 saturated heterocycles. The Labute approximate surface area is 171 Å². The number of sulfonamides is 2. The summed E-state index contributed by atoms with van der Waals surface area (Å²) >= 11 is 0. The van der Waals surface area contributed by atoms with Crippen LogP contribution < -0.4 is 10.0 Å². The Hall–Kier alpha value is -2.43. The molecule has 1 fully saturated rings. The van der Waals surface area contributed by atoms with Gasteiger partial charge in [0.05, 0.1) is 11.2 Å². The number of hydrogen-bond acceptors (Lipinski definition) is 5. The number of anilines is 2. The zero-order chi connectivity index (χ0) is 21.1. The Morgan fingerprint density at radius 2 is 1.38 bits per heavy atom. The summed E-state index contributed by atoms with van der Waals surface area (Å²) < 4.78 is 51.6. The minimum Gasteiger partial charge on any atom is -0.322 e. The predicted octanol–water partition coefficient (Wildman–Crippen LogP) is 2.49. The lowest BCUT2D eigenvalue weighted by Gasteiger charge is -2.25. The second-order valence-electron chi connectivity index (χ2n) is 6.89. The molecule has 1 aliphatic rings. The standard InChI is InChI=1S/C19H23N3O5S2/c1-28(24,25)21-17-7-5-15(6-8-17)19(23)20-16-9-11-18(12-10-16)29(26,27)22-13-3-2-4-14-22/h5-12,21H,2-4,13-14H2,1H3,(H,20,23). The third-order valence-electron chi connectivity index (χ3n) is 4.52. The van der Waals surface area contributed by atoms with E-state index in [2.05, 4.69) is 10.0 Å². The third-order valence-corrected chi connectivity index (χ3v) is 7.03. The van der Waals surface area contributed by atoms with Crippen LogP contribution in [0.25, 0.3) is 0 Å². The van der Waals surface area contributed by atoms with Gasteiger partial charge in [0.2, 0.25) is 20.0 Å². The molecule has 2 aromatic rings. The number of carbonyl (C=O) groups is 1. The van der Waals surface area contributed by atoms with Crippen LogP contribution in [0, 0.1) is 0 Å². The van der Waals surface area contributed by atoms with Crippen molar-refractivity contribution in [1.29, 1.82) is 0 Å². The summed E-state index contributed by atoms with van der Waals surface area (Å²) in [6.07, 6.45) is 3.82. The fraction of sp³-hybridized carbons (Fsp3) is 0.316. The molecule has 2 aromatic carbocycles. The number of piperidine rings is 1. The lowest BCUT2D eigenvalue weighted by Crippen LogP contribution is -2.35. The van der Waals surface area contributed by atoms with Gasteiger partial charge in [-0.25, -0.2) is 16.8 Å². The Kier molecular flexibility index (Phi) is 6.25. The fourth-order valence-corrected chi connectivity index (χ4v) is 5.15. The van der Waals surface area contributed by atoms with Crippen LogP contribution in [-0.4, -0.2) is 46.4 Å². The van der Waals surface area contributed by atoms with Crippen molar-refractivity contribution in [2.45, 2.75) is 24.2 Å². The molecule has 0 unspecified atom stereocenters. The summed E-state index contributed by atoms with van der Waals surface area (Å²) in [6, 6.07) is 12.0. The highest BCUT2D eigenvalue weighted by Crippen LogP contribution is 2.22. The summed E-state index contributed by atoms with van der Waals surface area (Å²) in [6.45, 7) is 1.07. The molecule has 0 aromatic heterocycles. The number of nitrogens with zero attached hydrogens (tertiary/aromatic N) is 1. The smallest absolute Gasteiger partial charge is 0.255 e. The number of hydrogen-bond donors (Lipinski definition) is 2. The normalized spacial score (nSPS) is 15.6. The van der Waals surface area contributed by atoms with Gasteiger partial charge in [0.1, 0.15) is 0 Å². The summed E-state index contributed by atoms with van der Waals surface area (Å²) in [5, 5.41) is 2.70. The quantitative estimate of drug-likeness (QED) is 0.721. The molecule has 0 spiro atoms. The van der Waals surface area contributed by atoms with Gasteiger partial charge in [0.15, 0.2) is 0 Å². The predicted molar refractivity (Wildman–Crippen MR) is 112 cm³/mol. The molecule has 0 radical (unpaired) electrons. The molecule has 29 heavy (non-hydrogen) atoms. The molecular weight excluding hydrogens is 414 g/mol. The molecule has 8 nitrogen and oxygen atoms in total. The van der Waals surface area contributed by atoms with Crippen LogP contribution in [0.4, 0.5) is 11.4 Å². The summed E-state index contributed by atoms with van der Waals surface area (Å²) in [5.74, 6) is -0.387. The SMILES string of the molecule is CS(=O)(=O)Nc1ccc(C(=O)Nc2ccc(S(=O)(=O)N3CCCCC3)cc2)cc1. The highest BCUT2D eigenvalue weighted by Gasteiger charge is 2.25. The van der Waals surface area contributed by atoms with Gasteiger partial charge < -0.3 is 5.32 Å². The number of carbonyl (C=O) groups excluding carboxylic acids is 1. The maximum absolute atomic E-state index is 12.7. The zero-order valence-electron chi connectivity index (χ0n) is 16.0. The highest BCUT2D eigenvalue weighted by molar-refractivity contribution is 7.92. The number of rotatable bonds is 6. The first-order chi connectivity index (χ1) is 13.6. The fourth-order valence-electron chi connectivity index (χ4n) is 3.07. The molecule has 1 aliphatic heterocycles. The molecular formula is C19H23N3O5S2. The van der Waals surface area contributed by atoms with E-state index in [1.54, 1.807) is 12.1 Å². The molecule has 2 N–H and O–H groups in total. The van der Waals surface area contributed by atoms with Crippen LogP contribution in [0.1, 0.15) is 29.6 Å². The van der Waals surface area contributed by atoms with Crippen molar-refractivity contribution in [3.63, 3.8) is 0 Å². The Morgan fingerprint density at radius 1 is 0.828 bits per heavy atom. The van der Waals surface area contributed by atoms with Crippen molar-refractivity contribution < 1.29 is 21.6 Å². The molecule has 1 amide bonds.